The van der Waals surface area contributed by atoms with E-state index in [1.54, 1.807) is 4.90 Å². The first kappa shape index (κ1) is 7.84. The van der Waals surface area contributed by atoms with Crippen molar-refractivity contribution in [1.29, 1.82) is 0 Å². The summed E-state index contributed by atoms with van der Waals surface area (Å²) in [4.78, 5) is 22.7. The summed E-state index contributed by atoms with van der Waals surface area (Å²) in [5.74, 6) is 0.0822. The number of likely N-dealkylation sites (tertiary alicyclic amines) is 1. The van der Waals surface area contributed by atoms with Gasteiger partial charge in [0.1, 0.15) is 0 Å². The first-order chi connectivity index (χ1) is 5.20. The molecule has 62 valence electrons. The van der Waals surface area contributed by atoms with Gasteiger partial charge in [-0.05, 0) is 6.42 Å². The summed E-state index contributed by atoms with van der Waals surface area (Å²) in [6.07, 6.45) is 1.46. The molecule has 0 aliphatic carbocycles. The summed E-state index contributed by atoms with van der Waals surface area (Å²) in [5.41, 5.74) is 4.83. The van der Waals surface area contributed by atoms with Crippen LogP contribution in [0.15, 0.2) is 0 Å². The fourth-order valence-electron chi connectivity index (χ4n) is 1.04. The van der Waals surface area contributed by atoms with Crippen molar-refractivity contribution in [2.45, 2.75) is 12.8 Å². The quantitative estimate of drug-likeness (QED) is 0.552. The van der Waals surface area contributed by atoms with Crippen molar-refractivity contribution >= 4 is 11.9 Å². The van der Waals surface area contributed by atoms with E-state index in [1.807, 2.05) is 0 Å². The summed E-state index contributed by atoms with van der Waals surface area (Å²) in [6, 6.07) is -0.593. The second-order valence-corrected chi connectivity index (χ2v) is 2.46. The number of primary amides is 1. The Hall–Kier alpha value is -1.26. The molecule has 1 rings (SSSR count). The molecule has 5 heteroatoms. The molecule has 0 saturated carbocycles. The number of hydrogen-bond donors (Lipinski definition) is 2. The van der Waals surface area contributed by atoms with E-state index in [0.717, 1.165) is 13.0 Å². The van der Waals surface area contributed by atoms with Crippen molar-refractivity contribution in [2.75, 3.05) is 13.2 Å². The average molecular weight is 157 g/mol. The molecule has 0 atom stereocenters. The number of rotatable bonds is 2. The molecule has 0 radical (unpaired) electrons. The maximum absolute atomic E-state index is 10.9. The topological polar surface area (TPSA) is 75.4 Å². The fraction of sp³-hybridized carbons (Fsp3) is 0.667. The smallest absolute Gasteiger partial charge is 0.313 e. The minimum Gasteiger partial charge on any atom is -0.352 e. The van der Waals surface area contributed by atoms with Crippen molar-refractivity contribution in [3.63, 3.8) is 0 Å². The minimum atomic E-state index is -0.593. The lowest BCUT2D eigenvalue weighted by molar-refractivity contribution is -0.127. The van der Waals surface area contributed by atoms with E-state index < -0.39 is 6.03 Å². The van der Waals surface area contributed by atoms with Gasteiger partial charge in [-0.1, -0.05) is 0 Å². The second kappa shape index (κ2) is 3.23. The maximum Gasteiger partial charge on any atom is 0.313 e. The van der Waals surface area contributed by atoms with Gasteiger partial charge in [-0.3, -0.25) is 4.79 Å². The maximum atomic E-state index is 10.9. The van der Waals surface area contributed by atoms with Gasteiger partial charge in [0.05, 0.1) is 6.67 Å². The number of carbonyl (C=O) groups excluding carboxylic acids is 2. The van der Waals surface area contributed by atoms with E-state index in [9.17, 15) is 9.59 Å². The summed E-state index contributed by atoms with van der Waals surface area (Å²) < 4.78 is 0. The van der Waals surface area contributed by atoms with Gasteiger partial charge >= 0.3 is 6.03 Å². The van der Waals surface area contributed by atoms with Gasteiger partial charge in [-0.2, -0.15) is 0 Å². The highest BCUT2D eigenvalue weighted by Crippen LogP contribution is 2.07. The molecule has 0 bridgehead atoms. The highest BCUT2D eigenvalue weighted by Gasteiger charge is 2.19. The SMILES string of the molecule is NC(=O)NCN1CCCC1=O. The predicted molar refractivity (Wildman–Crippen MR) is 38.5 cm³/mol. The van der Waals surface area contributed by atoms with Crippen LogP contribution in [0.3, 0.4) is 0 Å². The molecule has 1 aliphatic rings. The van der Waals surface area contributed by atoms with E-state index >= 15 is 0 Å². The second-order valence-electron chi connectivity index (χ2n) is 2.46. The fourth-order valence-corrected chi connectivity index (χ4v) is 1.04. The third-order valence-electron chi connectivity index (χ3n) is 1.62. The highest BCUT2D eigenvalue weighted by atomic mass is 16.2. The van der Waals surface area contributed by atoms with Gasteiger partial charge in [-0.15, -0.1) is 0 Å². The van der Waals surface area contributed by atoms with Crippen molar-refractivity contribution < 1.29 is 9.59 Å². The van der Waals surface area contributed by atoms with Gasteiger partial charge in [0, 0.05) is 13.0 Å². The third-order valence-corrected chi connectivity index (χ3v) is 1.62. The van der Waals surface area contributed by atoms with Crippen molar-refractivity contribution in [3.8, 4) is 0 Å². The normalized spacial score (nSPS) is 17.1. The lowest BCUT2D eigenvalue weighted by atomic mass is 10.4. The Labute approximate surface area is 64.5 Å². The Bertz CT molecular complexity index is 181. The molecule has 0 aromatic rings. The molecule has 0 aromatic carbocycles. The monoisotopic (exact) mass is 157 g/mol. The molecule has 5 nitrogen and oxygen atoms in total. The van der Waals surface area contributed by atoms with Crippen molar-refractivity contribution in [3.05, 3.63) is 0 Å². The largest absolute Gasteiger partial charge is 0.352 e. The van der Waals surface area contributed by atoms with E-state index in [0.29, 0.717) is 6.42 Å². The number of carbonyl (C=O) groups is 2. The van der Waals surface area contributed by atoms with E-state index in [1.165, 1.54) is 0 Å². The van der Waals surface area contributed by atoms with Gasteiger partial charge in [0.25, 0.3) is 0 Å². The van der Waals surface area contributed by atoms with Gasteiger partial charge in [0.15, 0.2) is 0 Å². The first-order valence-corrected chi connectivity index (χ1v) is 3.51. The van der Waals surface area contributed by atoms with Crippen molar-refractivity contribution in [2.24, 2.45) is 5.73 Å². The average Bonchev–Trinajstić information content (AvgIpc) is 2.31. The van der Waals surface area contributed by atoms with Crippen LogP contribution >= 0.6 is 0 Å². The van der Waals surface area contributed by atoms with Gasteiger partial charge < -0.3 is 16.0 Å². The summed E-state index contributed by atoms with van der Waals surface area (Å²) in [7, 11) is 0. The molecule has 0 unspecified atom stereocenters. The Kier molecular flexibility index (Phi) is 2.30. The zero-order valence-electron chi connectivity index (χ0n) is 6.17. The van der Waals surface area contributed by atoms with E-state index in [-0.39, 0.29) is 12.6 Å². The number of amides is 3. The molecule has 1 fully saturated rings. The molecule has 3 amide bonds. The summed E-state index contributed by atoms with van der Waals surface area (Å²) in [5, 5.41) is 2.36. The number of urea groups is 1. The van der Waals surface area contributed by atoms with Crippen molar-refractivity contribution in [1.82, 2.24) is 10.2 Å². The molecular weight excluding hydrogens is 146 g/mol. The molecule has 1 saturated heterocycles. The Morgan fingerprint density at radius 2 is 2.45 bits per heavy atom. The zero-order valence-corrected chi connectivity index (χ0v) is 6.17. The molecule has 11 heavy (non-hydrogen) atoms. The van der Waals surface area contributed by atoms with Crippen LogP contribution in [0.25, 0.3) is 0 Å². The van der Waals surface area contributed by atoms with Gasteiger partial charge in [-0.25, -0.2) is 4.79 Å². The molecule has 0 aromatic heterocycles. The first-order valence-electron chi connectivity index (χ1n) is 3.51. The predicted octanol–water partition coefficient (Wildman–Crippen LogP) is -0.765. The Morgan fingerprint density at radius 1 is 1.73 bits per heavy atom. The van der Waals surface area contributed by atoms with Gasteiger partial charge in [0.2, 0.25) is 5.91 Å². The lowest BCUT2D eigenvalue weighted by Gasteiger charge is -2.14. The molecule has 3 N–H and O–H groups in total. The Morgan fingerprint density at radius 3 is 2.91 bits per heavy atom. The lowest BCUT2D eigenvalue weighted by Crippen LogP contribution is -2.40. The number of nitrogens with two attached hydrogens (primary N) is 1. The third kappa shape index (κ3) is 2.10. The van der Waals surface area contributed by atoms with E-state index in [2.05, 4.69) is 5.32 Å². The summed E-state index contributed by atoms with van der Waals surface area (Å²) in [6.45, 7) is 0.966. The van der Waals surface area contributed by atoms with E-state index in [4.69, 9.17) is 5.73 Å². The molecule has 0 spiro atoms. The van der Waals surface area contributed by atoms with Crippen LogP contribution in [0.5, 0.6) is 0 Å². The van der Waals surface area contributed by atoms with Crippen LogP contribution in [0, 0.1) is 0 Å². The minimum absolute atomic E-state index is 0.0822. The number of nitrogens with one attached hydrogen (secondary N) is 1. The molecule has 1 heterocycles. The Balaban J connectivity index is 2.26. The summed E-state index contributed by atoms with van der Waals surface area (Å²) >= 11 is 0. The highest BCUT2D eigenvalue weighted by molar-refractivity contribution is 5.78. The van der Waals surface area contributed by atoms with Crippen LogP contribution in [0.2, 0.25) is 0 Å². The standard InChI is InChI=1S/C6H11N3O2/c7-6(11)8-4-9-3-1-2-5(9)10/h1-4H2,(H3,7,8,11). The zero-order chi connectivity index (χ0) is 8.27. The van der Waals surface area contributed by atoms with Crippen LogP contribution < -0.4 is 11.1 Å². The van der Waals surface area contributed by atoms with Crippen LogP contribution in [0.4, 0.5) is 4.79 Å². The molecule has 1 aliphatic heterocycles. The van der Waals surface area contributed by atoms with Crippen LogP contribution in [-0.2, 0) is 4.79 Å². The van der Waals surface area contributed by atoms with Crippen LogP contribution in [-0.4, -0.2) is 30.1 Å². The van der Waals surface area contributed by atoms with Crippen LogP contribution in [0.1, 0.15) is 12.8 Å². The molecular formula is C6H11N3O2. The number of nitrogens with zero attached hydrogens (tertiary/aromatic N) is 1. The number of hydrogen-bond acceptors (Lipinski definition) is 2.